The van der Waals surface area contributed by atoms with E-state index in [4.69, 9.17) is 9.40 Å². The molecule has 0 aliphatic heterocycles. The summed E-state index contributed by atoms with van der Waals surface area (Å²) in [6.45, 7) is 0. The van der Waals surface area contributed by atoms with Crippen LogP contribution in [0.2, 0.25) is 0 Å². The van der Waals surface area contributed by atoms with Crippen molar-refractivity contribution in [1.29, 1.82) is 0 Å². The number of nitrogens with zero attached hydrogens (tertiary/aromatic N) is 2. The molecule has 5 heteroatoms. The SMILES string of the molecule is O/N=C1/CCCCCCC1Sc1nc(-c2ccccc2)c(-c2ccccc2)o1. The minimum Gasteiger partial charge on any atom is -0.431 e. The van der Waals surface area contributed by atoms with Gasteiger partial charge in [-0.25, -0.2) is 4.98 Å². The van der Waals surface area contributed by atoms with E-state index < -0.39 is 0 Å². The van der Waals surface area contributed by atoms with Gasteiger partial charge >= 0.3 is 0 Å². The molecule has 1 heterocycles. The van der Waals surface area contributed by atoms with Gasteiger partial charge in [0.05, 0.1) is 11.0 Å². The standard InChI is InChI=1S/C23H24N2O2S/c26-25-19-15-9-1-2-10-16-20(19)28-23-24-21(17-11-5-3-6-12-17)22(27-23)18-13-7-4-8-14-18/h3-8,11-14,20,26H,1-2,9-10,15-16H2/b25-19-. The Morgan fingerprint density at radius 3 is 2.29 bits per heavy atom. The molecule has 1 aliphatic rings. The molecule has 1 atom stereocenters. The minimum atomic E-state index is 0.108. The molecule has 0 bridgehead atoms. The third kappa shape index (κ3) is 4.30. The predicted molar refractivity (Wildman–Crippen MR) is 114 cm³/mol. The highest BCUT2D eigenvalue weighted by Crippen LogP contribution is 2.38. The normalized spacial score (nSPS) is 19.3. The first-order valence-corrected chi connectivity index (χ1v) is 10.7. The van der Waals surface area contributed by atoms with Crippen LogP contribution in [0.15, 0.2) is 75.5 Å². The molecule has 1 aromatic heterocycles. The molecule has 2 aromatic carbocycles. The molecule has 1 N–H and O–H groups in total. The summed E-state index contributed by atoms with van der Waals surface area (Å²) < 4.78 is 6.24. The maximum atomic E-state index is 9.50. The largest absolute Gasteiger partial charge is 0.431 e. The van der Waals surface area contributed by atoms with Crippen molar-refractivity contribution >= 4 is 17.5 Å². The fourth-order valence-electron chi connectivity index (χ4n) is 3.61. The average molecular weight is 393 g/mol. The van der Waals surface area contributed by atoms with Gasteiger partial charge in [-0.1, -0.05) is 96.8 Å². The molecule has 1 fully saturated rings. The topological polar surface area (TPSA) is 58.6 Å². The van der Waals surface area contributed by atoms with Crippen molar-refractivity contribution in [1.82, 2.24) is 4.98 Å². The number of benzene rings is 2. The summed E-state index contributed by atoms with van der Waals surface area (Å²) in [5.74, 6) is 0.780. The van der Waals surface area contributed by atoms with E-state index in [1.54, 1.807) is 11.8 Å². The van der Waals surface area contributed by atoms with E-state index in [1.807, 2.05) is 48.5 Å². The third-order valence-corrected chi connectivity index (χ3v) is 6.25. The van der Waals surface area contributed by atoms with Crippen molar-refractivity contribution in [2.75, 3.05) is 0 Å². The van der Waals surface area contributed by atoms with Gasteiger partial charge in [0, 0.05) is 11.1 Å². The molecular weight excluding hydrogens is 368 g/mol. The molecule has 0 radical (unpaired) electrons. The molecule has 0 saturated heterocycles. The number of hydrogen-bond donors (Lipinski definition) is 1. The maximum absolute atomic E-state index is 9.50. The van der Waals surface area contributed by atoms with E-state index >= 15 is 0 Å². The van der Waals surface area contributed by atoms with Crippen molar-refractivity contribution in [3.05, 3.63) is 60.7 Å². The highest BCUT2D eigenvalue weighted by Gasteiger charge is 2.24. The number of aromatic nitrogens is 1. The van der Waals surface area contributed by atoms with Crippen LogP contribution in [0.25, 0.3) is 22.6 Å². The van der Waals surface area contributed by atoms with Gasteiger partial charge in [-0.15, -0.1) is 0 Å². The van der Waals surface area contributed by atoms with Crippen LogP contribution in [0.1, 0.15) is 38.5 Å². The molecule has 1 aliphatic carbocycles. The van der Waals surface area contributed by atoms with Gasteiger partial charge in [0.15, 0.2) is 5.76 Å². The van der Waals surface area contributed by atoms with Crippen molar-refractivity contribution < 1.29 is 9.62 Å². The van der Waals surface area contributed by atoms with Crippen LogP contribution in [-0.2, 0) is 0 Å². The Kier molecular flexibility index (Phi) is 6.12. The van der Waals surface area contributed by atoms with Crippen molar-refractivity contribution in [3.8, 4) is 22.6 Å². The van der Waals surface area contributed by atoms with E-state index in [0.717, 1.165) is 54.0 Å². The quantitative estimate of drug-likeness (QED) is 0.399. The summed E-state index contributed by atoms with van der Waals surface area (Å²) in [5.41, 5.74) is 3.74. The molecule has 144 valence electrons. The van der Waals surface area contributed by atoms with E-state index in [0.29, 0.717) is 5.22 Å². The monoisotopic (exact) mass is 392 g/mol. The lowest BCUT2D eigenvalue weighted by Gasteiger charge is -2.18. The van der Waals surface area contributed by atoms with Crippen LogP contribution < -0.4 is 0 Å². The van der Waals surface area contributed by atoms with E-state index in [9.17, 15) is 5.21 Å². The highest BCUT2D eigenvalue weighted by atomic mass is 32.2. The summed E-state index contributed by atoms with van der Waals surface area (Å²) >= 11 is 1.58. The van der Waals surface area contributed by atoms with Gasteiger partial charge in [0.25, 0.3) is 5.22 Å². The zero-order chi connectivity index (χ0) is 19.2. The Balaban J connectivity index is 1.69. The Labute approximate surface area is 169 Å². The van der Waals surface area contributed by atoms with Gasteiger partial charge < -0.3 is 9.62 Å². The molecular formula is C23H24N2O2S. The van der Waals surface area contributed by atoms with Crippen molar-refractivity contribution in [2.45, 2.75) is 49.0 Å². The Morgan fingerprint density at radius 1 is 0.893 bits per heavy atom. The summed E-state index contributed by atoms with van der Waals surface area (Å²) in [5, 5.41) is 13.8. The number of oxazole rings is 1. The zero-order valence-corrected chi connectivity index (χ0v) is 16.6. The number of thioether (sulfide) groups is 1. The fourth-order valence-corrected chi connectivity index (χ4v) is 4.71. The molecule has 4 rings (SSSR count). The van der Waals surface area contributed by atoms with E-state index in [-0.39, 0.29) is 5.25 Å². The Bertz CT molecular complexity index is 865. The lowest BCUT2D eigenvalue weighted by atomic mass is 9.99. The molecule has 4 nitrogen and oxygen atoms in total. The maximum Gasteiger partial charge on any atom is 0.257 e. The van der Waals surface area contributed by atoms with Crippen LogP contribution in [0.3, 0.4) is 0 Å². The smallest absolute Gasteiger partial charge is 0.257 e. The molecule has 3 aromatic rings. The highest BCUT2D eigenvalue weighted by molar-refractivity contribution is 8.00. The molecule has 28 heavy (non-hydrogen) atoms. The van der Waals surface area contributed by atoms with Crippen molar-refractivity contribution in [3.63, 3.8) is 0 Å². The van der Waals surface area contributed by atoms with Gasteiger partial charge in [-0.3, -0.25) is 0 Å². The lowest BCUT2D eigenvalue weighted by molar-refractivity contribution is 0.315. The second-order valence-electron chi connectivity index (χ2n) is 7.04. The summed E-state index contributed by atoms with van der Waals surface area (Å²) in [4.78, 5) is 4.83. The second kappa shape index (κ2) is 9.11. The van der Waals surface area contributed by atoms with Crippen LogP contribution >= 0.6 is 11.8 Å². The number of rotatable bonds is 4. The van der Waals surface area contributed by atoms with E-state index in [1.165, 1.54) is 12.8 Å². The van der Waals surface area contributed by atoms with Crippen LogP contribution in [0.4, 0.5) is 0 Å². The Hall–Kier alpha value is -2.53. The molecule has 1 saturated carbocycles. The minimum absolute atomic E-state index is 0.108. The van der Waals surface area contributed by atoms with Gasteiger partial charge in [0.2, 0.25) is 0 Å². The van der Waals surface area contributed by atoms with Gasteiger partial charge in [-0.2, -0.15) is 0 Å². The first kappa shape index (κ1) is 18.8. The van der Waals surface area contributed by atoms with Crippen LogP contribution in [0, 0.1) is 0 Å². The lowest BCUT2D eigenvalue weighted by Crippen LogP contribution is -2.19. The second-order valence-corrected chi connectivity index (χ2v) is 8.19. The number of hydrogen-bond acceptors (Lipinski definition) is 5. The Morgan fingerprint density at radius 2 is 1.57 bits per heavy atom. The molecule has 0 amide bonds. The third-order valence-electron chi connectivity index (χ3n) is 5.08. The number of oxime groups is 1. The summed E-state index contributed by atoms with van der Waals surface area (Å²) in [6, 6.07) is 20.2. The molecule has 0 spiro atoms. The van der Waals surface area contributed by atoms with Crippen molar-refractivity contribution in [2.24, 2.45) is 5.16 Å². The van der Waals surface area contributed by atoms with Gasteiger partial charge in [0.1, 0.15) is 5.69 Å². The predicted octanol–water partition coefficient (Wildman–Crippen LogP) is 6.65. The van der Waals surface area contributed by atoms with Crippen LogP contribution in [-0.4, -0.2) is 21.2 Å². The molecule has 1 unspecified atom stereocenters. The summed E-state index contributed by atoms with van der Waals surface area (Å²) in [7, 11) is 0. The first-order valence-electron chi connectivity index (χ1n) is 9.84. The van der Waals surface area contributed by atoms with Gasteiger partial charge in [-0.05, 0) is 19.3 Å². The summed E-state index contributed by atoms with van der Waals surface area (Å²) in [6.07, 6.45) is 6.46. The van der Waals surface area contributed by atoms with Crippen LogP contribution in [0.5, 0.6) is 0 Å². The zero-order valence-electron chi connectivity index (χ0n) is 15.8. The fraction of sp³-hybridized carbons (Fsp3) is 0.304. The average Bonchev–Trinajstić information content (AvgIpc) is 3.16. The van der Waals surface area contributed by atoms with E-state index in [2.05, 4.69) is 17.3 Å². The first-order chi connectivity index (χ1) is 13.8.